The van der Waals surface area contributed by atoms with Gasteiger partial charge in [0.1, 0.15) is 13.2 Å². The van der Waals surface area contributed by atoms with E-state index >= 15 is 0 Å². The highest BCUT2D eigenvalue weighted by Gasteiger charge is 2.08. The molecule has 1 rings (SSSR count). The van der Waals surface area contributed by atoms with Gasteiger partial charge in [-0.1, -0.05) is 41.4 Å². The molecule has 1 aromatic rings. The molecular formula is C10H9Cl3O2. The maximum atomic E-state index is 5.89. The molecule has 0 amide bonds. The van der Waals surface area contributed by atoms with E-state index in [1.807, 2.05) is 0 Å². The summed E-state index contributed by atoms with van der Waals surface area (Å²) >= 11 is 17.5. The van der Waals surface area contributed by atoms with Crippen LogP contribution in [0.15, 0.2) is 25.0 Å². The highest BCUT2D eigenvalue weighted by molar-refractivity contribution is 6.40. The van der Waals surface area contributed by atoms with Crippen molar-refractivity contribution in [2.24, 2.45) is 0 Å². The number of rotatable bonds is 5. The molecule has 15 heavy (non-hydrogen) atoms. The van der Waals surface area contributed by atoms with Crippen molar-refractivity contribution in [3.8, 4) is 5.75 Å². The lowest BCUT2D eigenvalue weighted by molar-refractivity contribution is 0.180. The fourth-order valence-electron chi connectivity index (χ4n) is 0.942. The maximum absolute atomic E-state index is 5.89. The summed E-state index contributed by atoms with van der Waals surface area (Å²) in [6.45, 7) is 4.13. The monoisotopic (exact) mass is 266 g/mol. The second-order valence-electron chi connectivity index (χ2n) is 2.58. The molecule has 5 heteroatoms. The first-order valence-electron chi connectivity index (χ1n) is 4.15. The van der Waals surface area contributed by atoms with Crippen molar-refractivity contribution in [3.63, 3.8) is 0 Å². The molecule has 0 aliphatic carbocycles. The average Bonchev–Trinajstić information content (AvgIpc) is 2.15. The van der Waals surface area contributed by atoms with Crippen LogP contribution in [0.2, 0.25) is 15.1 Å². The molecule has 0 bridgehead atoms. The molecule has 0 heterocycles. The van der Waals surface area contributed by atoms with Gasteiger partial charge in [0, 0.05) is 5.02 Å². The minimum absolute atomic E-state index is 0.340. The Morgan fingerprint density at radius 1 is 1.13 bits per heavy atom. The van der Waals surface area contributed by atoms with E-state index < -0.39 is 0 Å². The number of halogens is 3. The third-order valence-corrected chi connectivity index (χ3v) is 2.31. The molecule has 82 valence electrons. The van der Waals surface area contributed by atoms with Crippen LogP contribution in [0.25, 0.3) is 0 Å². The van der Waals surface area contributed by atoms with E-state index in [2.05, 4.69) is 6.58 Å². The van der Waals surface area contributed by atoms with E-state index in [-0.39, 0.29) is 0 Å². The van der Waals surface area contributed by atoms with E-state index in [4.69, 9.17) is 44.3 Å². The van der Waals surface area contributed by atoms with E-state index in [9.17, 15) is 0 Å². The van der Waals surface area contributed by atoms with Gasteiger partial charge in [0.2, 0.25) is 0 Å². The molecule has 2 nitrogen and oxygen atoms in total. The van der Waals surface area contributed by atoms with Gasteiger partial charge in [-0.15, -0.1) is 0 Å². The summed E-state index contributed by atoms with van der Waals surface area (Å²) in [5.74, 6) is 0.412. The summed E-state index contributed by atoms with van der Waals surface area (Å²) in [5.41, 5.74) is 0. The zero-order chi connectivity index (χ0) is 11.3. The van der Waals surface area contributed by atoms with Gasteiger partial charge in [0.05, 0.1) is 16.3 Å². The molecule has 0 saturated heterocycles. The van der Waals surface area contributed by atoms with Crippen LogP contribution in [-0.2, 0) is 4.74 Å². The van der Waals surface area contributed by atoms with Crippen molar-refractivity contribution < 1.29 is 9.47 Å². The SMILES string of the molecule is C=COCCOc1c(Cl)cc(Cl)cc1Cl. The molecule has 0 aliphatic heterocycles. The predicted molar refractivity (Wildman–Crippen MR) is 63.1 cm³/mol. The van der Waals surface area contributed by atoms with Crippen LogP contribution in [0.1, 0.15) is 0 Å². The van der Waals surface area contributed by atoms with E-state index in [1.165, 1.54) is 6.26 Å². The first-order chi connectivity index (χ1) is 7.15. The van der Waals surface area contributed by atoms with Crippen molar-refractivity contribution in [1.29, 1.82) is 0 Å². The molecule has 0 atom stereocenters. The number of ether oxygens (including phenoxy) is 2. The zero-order valence-corrected chi connectivity index (χ0v) is 10.1. The molecule has 0 aliphatic rings. The fraction of sp³-hybridized carbons (Fsp3) is 0.200. The van der Waals surface area contributed by atoms with Crippen LogP contribution in [0.4, 0.5) is 0 Å². The Labute approximate surface area is 103 Å². The van der Waals surface area contributed by atoms with Crippen molar-refractivity contribution in [2.75, 3.05) is 13.2 Å². The third kappa shape index (κ3) is 3.82. The van der Waals surface area contributed by atoms with Crippen molar-refractivity contribution in [3.05, 3.63) is 40.0 Å². The minimum atomic E-state index is 0.340. The second-order valence-corrected chi connectivity index (χ2v) is 3.84. The predicted octanol–water partition coefficient (Wildman–Crippen LogP) is 4.19. The second kappa shape index (κ2) is 6.11. The van der Waals surface area contributed by atoms with E-state index in [1.54, 1.807) is 12.1 Å². The van der Waals surface area contributed by atoms with Gasteiger partial charge in [-0.3, -0.25) is 0 Å². The van der Waals surface area contributed by atoms with Crippen molar-refractivity contribution in [1.82, 2.24) is 0 Å². The Hall–Kier alpha value is -0.570. The molecule has 1 aromatic carbocycles. The smallest absolute Gasteiger partial charge is 0.156 e. The summed E-state index contributed by atoms with van der Waals surface area (Å²) < 4.78 is 10.2. The van der Waals surface area contributed by atoms with Crippen LogP contribution in [-0.4, -0.2) is 13.2 Å². The summed E-state index contributed by atoms with van der Waals surface area (Å²) in [5, 5.41) is 1.23. The standard InChI is InChI=1S/C10H9Cl3O2/c1-2-14-3-4-15-10-8(12)5-7(11)6-9(10)13/h2,5-6H,1,3-4H2. The van der Waals surface area contributed by atoms with E-state index in [0.717, 1.165) is 0 Å². The van der Waals surface area contributed by atoms with Crippen molar-refractivity contribution in [2.45, 2.75) is 0 Å². The Morgan fingerprint density at radius 2 is 1.73 bits per heavy atom. The van der Waals surface area contributed by atoms with Crippen LogP contribution in [0.5, 0.6) is 5.75 Å². The highest BCUT2D eigenvalue weighted by Crippen LogP contribution is 2.35. The van der Waals surface area contributed by atoms with Crippen LogP contribution in [0, 0.1) is 0 Å². The molecule has 0 saturated carbocycles. The van der Waals surface area contributed by atoms with Crippen LogP contribution >= 0.6 is 34.8 Å². The van der Waals surface area contributed by atoms with Gasteiger partial charge in [-0.2, -0.15) is 0 Å². The number of hydrogen-bond acceptors (Lipinski definition) is 2. The highest BCUT2D eigenvalue weighted by atomic mass is 35.5. The summed E-state index contributed by atoms with van der Waals surface area (Å²) in [6, 6.07) is 3.14. The van der Waals surface area contributed by atoms with Gasteiger partial charge in [0.25, 0.3) is 0 Å². The van der Waals surface area contributed by atoms with Crippen LogP contribution < -0.4 is 4.74 Å². The largest absolute Gasteiger partial charge is 0.498 e. The topological polar surface area (TPSA) is 18.5 Å². The van der Waals surface area contributed by atoms with Gasteiger partial charge >= 0.3 is 0 Å². The first-order valence-corrected chi connectivity index (χ1v) is 5.28. The molecule has 0 unspecified atom stereocenters. The quantitative estimate of drug-likeness (QED) is 0.588. The normalized spacial score (nSPS) is 9.80. The van der Waals surface area contributed by atoms with Gasteiger partial charge in [0.15, 0.2) is 5.75 Å². The average molecular weight is 268 g/mol. The van der Waals surface area contributed by atoms with Gasteiger partial charge < -0.3 is 9.47 Å². The Kier molecular flexibility index (Phi) is 5.09. The summed E-state index contributed by atoms with van der Waals surface area (Å²) in [7, 11) is 0. The van der Waals surface area contributed by atoms with Crippen LogP contribution in [0.3, 0.4) is 0 Å². The molecular weight excluding hydrogens is 258 g/mol. The number of hydrogen-bond donors (Lipinski definition) is 0. The summed E-state index contributed by atoms with van der Waals surface area (Å²) in [4.78, 5) is 0. The van der Waals surface area contributed by atoms with E-state index in [0.29, 0.717) is 34.0 Å². The van der Waals surface area contributed by atoms with Crippen molar-refractivity contribution >= 4 is 34.8 Å². The molecule has 0 fully saturated rings. The molecule has 0 spiro atoms. The van der Waals surface area contributed by atoms with Gasteiger partial charge in [-0.05, 0) is 12.1 Å². The first kappa shape index (κ1) is 12.5. The molecule has 0 N–H and O–H groups in total. The lowest BCUT2D eigenvalue weighted by Gasteiger charge is -2.09. The fourth-order valence-corrected chi connectivity index (χ4v) is 1.87. The summed E-state index contributed by atoms with van der Waals surface area (Å²) in [6.07, 6.45) is 1.34. The Morgan fingerprint density at radius 3 is 2.27 bits per heavy atom. The zero-order valence-electron chi connectivity index (χ0n) is 7.80. The number of benzene rings is 1. The van der Waals surface area contributed by atoms with Gasteiger partial charge in [-0.25, -0.2) is 0 Å². The lowest BCUT2D eigenvalue weighted by Crippen LogP contribution is -2.04. The third-order valence-electron chi connectivity index (χ3n) is 1.53. The molecule has 0 aromatic heterocycles. The maximum Gasteiger partial charge on any atom is 0.156 e. The lowest BCUT2D eigenvalue weighted by atomic mass is 10.3. The Bertz CT molecular complexity index is 330. The Balaban J connectivity index is 2.64. The molecule has 0 radical (unpaired) electrons. The minimum Gasteiger partial charge on any atom is -0.498 e.